The van der Waals surface area contributed by atoms with E-state index in [0.29, 0.717) is 12.2 Å². The summed E-state index contributed by atoms with van der Waals surface area (Å²) in [4.78, 5) is 1.89. The Morgan fingerprint density at radius 1 is 1.21 bits per heavy atom. The van der Waals surface area contributed by atoms with Crippen molar-refractivity contribution in [3.05, 3.63) is 65.0 Å². The number of nitriles is 1. The van der Waals surface area contributed by atoms with Crippen molar-refractivity contribution in [1.82, 2.24) is 0 Å². The van der Waals surface area contributed by atoms with Gasteiger partial charge in [-0.1, -0.05) is 35.9 Å². The first kappa shape index (κ1) is 13.1. The molecule has 0 spiro atoms. The molecule has 0 unspecified atom stereocenters. The lowest BCUT2D eigenvalue weighted by Gasteiger charge is -2.21. The van der Waals surface area contributed by atoms with E-state index < -0.39 is 5.82 Å². The maximum Gasteiger partial charge on any atom is 0.143 e. The van der Waals surface area contributed by atoms with Gasteiger partial charge in [-0.3, -0.25) is 0 Å². The van der Waals surface area contributed by atoms with Crippen molar-refractivity contribution in [3.63, 3.8) is 0 Å². The van der Waals surface area contributed by atoms with Gasteiger partial charge in [0.05, 0.1) is 5.69 Å². The first-order chi connectivity index (χ1) is 9.11. The third kappa shape index (κ3) is 2.92. The summed E-state index contributed by atoms with van der Waals surface area (Å²) in [5, 5.41) is 9.04. The Labute approximate surface area is 112 Å². The van der Waals surface area contributed by atoms with Crippen LogP contribution in [0, 0.1) is 24.1 Å². The van der Waals surface area contributed by atoms with Crippen molar-refractivity contribution in [2.75, 3.05) is 11.9 Å². The average molecular weight is 254 g/mol. The zero-order chi connectivity index (χ0) is 13.8. The van der Waals surface area contributed by atoms with Crippen molar-refractivity contribution in [1.29, 1.82) is 5.26 Å². The van der Waals surface area contributed by atoms with Crippen LogP contribution in [0.2, 0.25) is 0 Å². The first-order valence-corrected chi connectivity index (χ1v) is 6.07. The van der Waals surface area contributed by atoms with Crippen molar-refractivity contribution in [2.45, 2.75) is 13.5 Å². The molecule has 96 valence electrons. The van der Waals surface area contributed by atoms with Crippen molar-refractivity contribution < 1.29 is 4.39 Å². The van der Waals surface area contributed by atoms with E-state index in [-0.39, 0.29) is 5.56 Å². The summed E-state index contributed by atoms with van der Waals surface area (Å²) < 4.78 is 13.6. The topological polar surface area (TPSA) is 27.0 Å². The molecule has 0 saturated carbocycles. The SMILES string of the molecule is Cc1cccc(CN(C)c2cccc(F)c2C#N)c1. The van der Waals surface area contributed by atoms with Gasteiger partial charge in [0.1, 0.15) is 17.4 Å². The van der Waals surface area contributed by atoms with E-state index in [9.17, 15) is 4.39 Å². The minimum Gasteiger partial charge on any atom is -0.369 e. The first-order valence-electron chi connectivity index (χ1n) is 6.07. The van der Waals surface area contributed by atoms with Crippen LogP contribution in [0.5, 0.6) is 0 Å². The molecule has 2 nitrogen and oxygen atoms in total. The average Bonchev–Trinajstić information content (AvgIpc) is 2.38. The summed E-state index contributed by atoms with van der Waals surface area (Å²) >= 11 is 0. The predicted octanol–water partition coefficient (Wildman–Crippen LogP) is 3.64. The smallest absolute Gasteiger partial charge is 0.143 e. The van der Waals surface area contributed by atoms with E-state index in [1.54, 1.807) is 12.1 Å². The van der Waals surface area contributed by atoms with Crippen LogP contribution in [-0.2, 0) is 6.54 Å². The highest BCUT2D eigenvalue weighted by atomic mass is 19.1. The number of hydrogen-bond acceptors (Lipinski definition) is 2. The Morgan fingerprint density at radius 3 is 2.63 bits per heavy atom. The minimum absolute atomic E-state index is 0.0950. The molecule has 0 radical (unpaired) electrons. The molecule has 0 aliphatic rings. The van der Waals surface area contributed by atoms with Gasteiger partial charge in [0.15, 0.2) is 0 Å². The van der Waals surface area contributed by atoms with Crippen molar-refractivity contribution in [3.8, 4) is 6.07 Å². The van der Waals surface area contributed by atoms with E-state index in [1.165, 1.54) is 11.6 Å². The third-order valence-electron chi connectivity index (χ3n) is 3.02. The highest BCUT2D eigenvalue weighted by Crippen LogP contribution is 2.23. The molecule has 2 aromatic rings. The standard InChI is InChI=1S/C16H15FN2/c1-12-5-3-6-13(9-12)11-19(2)16-8-4-7-15(17)14(16)10-18/h3-9H,11H2,1-2H3. The van der Waals surface area contributed by atoms with E-state index >= 15 is 0 Å². The van der Waals surface area contributed by atoms with Crippen LogP contribution >= 0.6 is 0 Å². The number of nitrogens with zero attached hydrogens (tertiary/aromatic N) is 2. The molecule has 0 atom stereocenters. The monoisotopic (exact) mass is 254 g/mol. The second-order valence-corrected chi connectivity index (χ2v) is 4.59. The van der Waals surface area contributed by atoms with Gasteiger partial charge in [-0.2, -0.15) is 5.26 Å². The van der Waals surface area contributed by atoms with Crippen molar-refractivity contribution in [2.24, 2.45) is 0 Å². The van der Waals surface area contributed by atoms with E-state index in [1.807, 2.05) is 43.1 Å². The number of aryl methyl sites for hydroxylation is 1. The molecule has 0 saturated heterocycles. The molecule has 19 heavy (non-hydrogen) atoms. The molecule has 3 heteroatoms. The maximum absolute atomic E-state index is 13.6. The second kappa shape index (κ2) is 5.53. The van der Waals surface area contributed by atoms with Gasteiger partial charge in [0.25, 0.3) is 0 Å². The van der Waals surface area contributed by atoms with E-state index in [2.05, 4.69) is 6.07 Å². The quantitative estimate of drug-likeness (QED) is 0.836. The molecule has 0 aliphatic heterocycles. The molecular weight excluding hydrogens is 239 g/mol. The van der Waals surface area contributed by atoms with E-state index in [0.717, 1.165) is 5.56 Å². The third-order valence-corrected chi connectivity index (χ3v) is 3.02. The highest BCUT2D eigenvalue weighted by molar-refractivity contribution is 5.59. The van der Waals surface area contributed by atoms with Crippen LogP contribution < -0.4 is 4.90 Å². The van der Waals surface area contributed by atoms with Crippen molar-refractivity contribution >= 4 is 5.69 Å². The van der Waals surface area contributed by atoms with Gasteiger partial charge in [-0.05, 0) is 24.6 Å². The highest BCUT2D eigenvalue weighted by Gasteiger charge is 2.11. The Morgan fingerprint density at radius 2 is 1.95 bits per heavy atom. The van der Waals surface area contributed by atoms with Gasteiger partial charge in [0, 0.05) is 13.6 Å². The summed E-state index contributed by atoms with van der Waals surface area (Å²) in [7, 11) is 1.86. The summed E-state index contributed by atoms with van der Waals surface area (Å²) in [5.41, 5.74) is 3.03. The Kier molecular flexibility index (Phi) is 3.82. The van der Waals surface area contributed by atoms with Gasteiger partial charge in [-0.25, -0.2) is 4.39 Å². The van der Waals surface area contributed by atoms with E-state index in [4.69, 9.17) is 5.26 Å². The molecule has 0 aromatic heterocycles. The number of benzene rings is 2. The molecule has 2 rings (SSSR count). The molecule has 0 amide bonds. The number of rotatable bonds is 3. The summed E-state index contributed by atoms with van der Waals surface area (Å²) in [6, 6.07) is 14.8. The second-order valence-electron chi connectivity index (χ2n) is 4.59. The number of halogens is 1. The lowest BCUT2D eigenvalue weighted by Crippen LogP contribution is -2.18. The Balaban J connectivity index is 2.28. The fraction of sp³-hybridized carbons (Fsp3) is 0.188. The molecule has 0 heterocycles. The lowest BCUT2D eigenvalue weighted by molar-refractivity contribution is 0.623. The summed E-state index contributed by atoms with van der Waals surface area (Å²) in [6.07, 6.45) is 0. The minimum atomic E-state index is -0.476. The Hall–Kier alpha value is -2.34. The fourth-order valence-electron chi connectivity index (χ4n) is 2.11. The summed E-state index contributed by atoms with van der Waals surface area (Å²) in [6.45, 7) is 2.67. The lowest BCUT2D eigenvalue weighted by atomic mass is 10.1. The maximum atomic E-state index is 13.6. The molecule has 0 bridgehead atoms. The molecule has 0 fully saturated rings. The normalized spacial score (nSPS) is 10.0. The van der Waals surface area contributed by atoms with Crippen LogP contribution in [0.3, 0.4) is 0 Å². The van der Waals surface area contributed by atoms with Crippen LogP contribution in [0.25, 0.3) is 0 Å². The van der Waals surface area contributed by atoms with Crippen LogP contribution in [0.4, 0.5) is 10.1 Å². The molecule has 0 aliphatic carbocycles. The largest absolute Gasteiger partial charge is 0.369 e. The Bertz CT molecular complexity index is 629. The summed E-state index contributed by atoms with van der Waals surface area (Å²) in [5.74, 6) is -0.476. The fourth-order valence-corrected chi connectivity index (χ4v) is 2.11. The van der Waals surface area contributed by atoms with Crippen LogP contribution in [-0.4, -0.2) is 7.05 Å². The van der Waals surface area contributed by atoms with Gasteiger partial charge in [-0.15, -0.1) is 0 Å². The predicted molar refractivity (Wildman–Crippen MR) is 74.4 cm³/mol. The van der Waals surface area contributed by atoms with Gasteiger partial charge in [0.2, 0.25) is 0 Å². The number of hydrogen-bond donors (Lipinski definition) is 0. The molecular formula is C16H15FN2. The van der Waals surface area contributed by atoms with Crippen LogP contribution in [0.1, 0.15) is 16.7 Å². The van der Waals surface area contributed by atoms with Gasteiger partial charge < -0.3 is 4.90 Å². The van der Waals surface area contributed by atoms with Gasteiger partial charge >= 0.3 is 0 Å². The molecule has 0 N–H and O–H groups in total. The van der Waals surface area contributed by atoms with Crippen LogP contribution in [0.15, 0.2) is 42.5 Å². The molecule has 2 aromatic carbocycles. The zero-order valence-corrected chi connectivity index (χ0v) is 11.0. The zero-order valence-electron chi connectivity index (χ0n) is 11.0. The number of anilines is 1.